The minimum Gasteiger partial charge on any atom is -0.493 e. The van der Waals surface area contributed by atoms with Crippen LogP contribution in [0.2, 0.25) is 0 Å². The van der Waals surface area contributed by atoms with Crippen LogP contribution < -0.4 is 14.8 Å². The van der Waals surface area contributed by atoms with Crippen molar-refractivity contribution in [3.05, 3.63) is 47.2 Å². The highest BCUT2D eigenvalue weighted by Gasteiger charge is 2.24. The van der Waals surface area contributed by atoms with E-state index in [1.165, 1.54) is 6.33 Å². The highest BCUT2D eigenvalue weighted by atomic mass is 79.9. The van der Waals surface area contributed by atoms with Crippen molar-refractivity contribution >= 4 is 44.2 Å². The van der Waals surface area contributed by atoms with Gasteiger partial charge >= 0.3 is 0 Å². The molecule has 1 fully saturated rings. The summed E-state index contributed by atoms with van der Waals surface area (Å²) in [6.07, 6.45) is 3.71. The fourth-order valence-electron chi connectivity index (χ4n) is 3.74. The molecule has 0 spiro atoms. The predicted molar refractivity (Wildman–Crippen MR) is 124 cm³/mol. The van der Waals surface area contributed by atoms with E-state index in [0.29, 0.717) is 23.7 Å². The maximum Gasteiger partial charge on any atom is 0.222 e. The normalized spacial score (nSPS) is 14.5. The predicted octanol–water partition coefficient (Wildman–Crippen LogP) is 4.92. The molecule has 0 aliphatic carbocycles. The summed E-state index contributed by atoms with van der Waals surface area (Å²) in [4.78, 5) is 22.7. The van der Waals surface area contributed by atoms with Crippen LogP contribution in [0.25, 0.3) is 10.9 Å². The fraction of sp³-hybridized carbons (Fsp3) is 0.348. The van der Waals surface area contributed by atoms with E-state index in [1.54, 1.807) is 7.11 Å². The lowest BCUT2D eigenvalue weighted by Gasteiger charge is -2.32. The molecule has 0 radical (unpaired) electrons. The van der Waals surface area contributed by atoms with Crippen molar-refractivity contribution in [2.45, 2.75) is 32.3 Å². The van der Waals surface area contributed by atoms with Crippen LogP contribution in [0.15, 0.2) is 47.2 Å². The van der Waals surface area contributed by atoms with E-state index in [1.807, 2.05) is 48.2 Å². The Hall–Kier alpha value is -2.87. The van der Waals surface area contributed by atoms with Gasteiger partial charge in [-0.1, -0.05) is 28.9 Å². The van der Waals surface area contributed by atoms with Gasteiger partial charge in [-0.25, -0.2) is 9.97 Å². The van der Waals surface area contributed by atoms with Crippen LogP contribution in [-0.2, 0) is 4.79 Å². The van der Waals surface area contributed by atoms with E-state index in [2.05, 4.69) is 31.2 Å². The molecule has 0 saturated carbocycles. The number of fused-ring (bicyclic) bond motifs is 1. The van der Waals surface area contributed by atoms with Crippen LogP contribution in [0.3, 0.4) is 0 Å². The number of nitrogens with zero attached hydrogens (tertiary/aromatic N) is 3. The Bertz CT molecular complexity index is 1080. The topological polar surface area (TPSA) is 76.6 Å². The summed E-state index contributed by atoms with van der Waals surface area (Å²) >= 11 is 3.49. The van der Waals surface area contributed by atoms with Gasteiger partial charge in [0.25, 0.3) is 0 Å². The zero-order valence-electron chi connectivity index (χ0n) is 17.6. The van der Waals surface area contributed by atoms with Crippen LogP contribution >= 0.6 is 15.9 Å². The number of aromatic nitrogens is 2. The largest absolute Gasteiger partial charge is 0.493 e. The number of benzene rings is 2. The number of methoxy groups -OCH3 is 1. The molecule has 4 rings (SSSR count). The lowest BCUT2D eigenvalue weighted by molar-refractivity contribution is -0.132. The second-order valence-electron chi connectivity index (χ2n) is 7.43. The molecule has 1 aliphatic heterocycles. The summed E-state index contributed by atoms with van der Waals surface area (Å²) in [6, 6.07) is 11.7. The molecule has 7 nitrogen and oxygen atoms in total. The number of rotatable bonds is 6. The minimum absolute atomic E-state index is 0.0355. The van der Waals surface area contributed by atoms with E-state index < -0.39 is 0 Å². The molecular weight excluding hydrogens is 460 g/mol. The molecule has 1 N–H and O–H groups in total. The maximum atomic E-state index is 11.9. The fourth-order valence-corrected chi connectivity index (χ4v) is 4.14. The lowest BCUT2D eigenvalue weighted by Crippen LogP contribution is -2.41. The Balaban J connectivity index is 1.56. The molecule has 0 bridgehead atoms. The Morgan fingerprint density at radius 3 is 2.71 bits per heavy atom. The molecule has 2 aromatic carbocycles. The van der Waals surface area contributed by atoms with Crippen molar-refractivity contribution in [1.82, 2.24) is 14.9 Å². The molecular formula is C23H25BrN4O3. The Kier molecular flexibility index (Phi) is 6.56. The van der Waals surface area contributed by atoms with Gasteiger partial charge in [0.15, 0.2) is 11.5 Å². The van der Waals surface area contributed by atoms with E-state index in [-0.39, 0.29) is 12.0 Å². The molecule has 162 valence electrons. The molecule has 1 amide bonds. The van der Waals surface area contributed by atoms with Gasteiger partial charge in [-0.15, -0.1) is 0 Å². The number of amides is 1. The Morgan fingerprint density at radius 1 is 1.19 bits per heavy atom. The van der Waals surface area contributed by atoms with E-state index >= 15 is 0 Å². The number of hydrogen-bond donors (Lipinski definition) is 1. The van der Waals surface area contributed by atoms with E-state index in [0.717, 1.165) is 47.0 Å². The van der Waals surface area contributed by atoms with Crippen molar-refractivity contribution in [3.63, 3.8) is 0 Å². The van der Waals surface area contributed by atoms with Gasteiger partial charge in [-0.2, -0.15) is 0 Å². The van der Waals surface area contributed by atoms with Gasteiger partial charge in [0.1, 0.15) is 18.2 Å². The van der Waals surface area contributed by atoms with Crippen LogP contribution in [-0.4, -0.2) is 47.1 Å². The zero-order chi connectivity index (χ0) is 21.8. The van der Waals surface area contributed by atoms with Crippen LogP contribution in [0.4, 0.5) is 11.5 Å². The maximum absolute atomic E-state index is 11.9. The Morgan fingerprint density at radius 2 is 2.00 bits per heavy atom. The number of piperidine rings is 1. The number of carbonyl (C=O) groups excluding carboxylic acids is 1. The second-order valence-corrected chi connectivity index (χ2v) is 8.35. The van der Waals surface area contributed by atoms with Gasteiger partial charge in [-0.3, -0.25) is 4.79 Å². The summed E-state index contributed by atoms with van der Waals surface area (Å²) in [7, 11) is 1.63. The SMILES string of the molecule is CCC(=O)N1CCC(Oc2cc3ncnc(Nc4cccc(Br)c4)c3cc2OC)CC1. The molecule has 1 saturated heterocycles. The smallest absolute Gasteiger partial charge is 0.222 e. The molecule has 31 heavy (non-hydrogen) atoms. The molecule has 1 aromatic heterocycles. The van der Waals surface area contributed by atoms with Gasteiger partial charge in [0.05, 0.1) is 12.6 Å². The van der Waals surface area contributed by atoms with Crippen LogP contribution in [0.5, 0.6) is 11.5 Å². The van der Waals surface area contributed by atoms with Crippen molar-refractivity contribution in [1.29, 1.82) is 0 Å². The zero-order valence-corrected chi connectivity index (χ0v) is 19.2. The number of halogens is 1. The molecule has 0 atom stereocenters. The highest BCUT2D eigenvalue weighted by molar-refractivity contribution is 9.10. The number of hydrogen-bond acceptors (Lipinski definition) is 6. The van der Waals surface area contributed by atoms with Crippen molar-refractivity contribution in [3.8, 4) is 11.5 Å². The van der Waals surface area contributed by atoms with Gasteiger partial charge in [-0.05, 0) is 24.3 Å². The summed E-state index contributed by atoms with van der Waals surface area (Å²) in [5.41, 5.74) is 1.68. The molecule has 2 heterocycles. The van der Waals surface area contributed by atoms with Crippen molar-refractivity contribution in [2.75, 3.05) is 25.5 Å². The standard InChI is InChI=1S/C23H25BrN4O3/c1-3-22(29)28-9-7-17(8-10-28)31-21-13-19-18(12-20(21)30-2)23(26-14-25-19)27-16-6-4-5-15(24)11-16/h4-6,11-14,17H,3,7-10H2,1-2H3,(H,25,26,27). The van der Waals surface area contributed by atoms with Gasteiger partial charge in [0, 0.05) is 54.0 Å². The van der Waals surface area contributed by atoms with Gasteiger partial charge in [0.2, 0.25) is 5.91 Å². The number of anilines is 2. The molecule has 0 unspecified atom stereocenters. The van der Waals surface area contributed by atoms with Crippen LogP contribution in [0.1, 0.15) is 26.2 Å². The third kappa shape index (κ3) is 4.90. The monoisotopic (exact) mass is 484 g/mol. The van der Waals surface area contributed by atoms with Crippen molar-refractivity contribution < 1.29 is 14.3 Å². The summed E-state index contributed by atoms with van der Waals surface area (Å²) < 4.78 is 12.9. The average molecular weight is 485 g/mol. The third-order valence-electron chi connectivity index (χ3n) is 5.40. The molecule has 1 aliphatic rings. The first-order valence-electron chi connectivity index (χ1n) is 10.4. The number of ether oxygens (including phenoxy) is 2. The first kappa shape index (κ1) is 21.4. The summed E-state index contributed by atoms with van der Waals surface area (Å²) in [6.45, 7) is 3.33. The number of carbonyl (C=O) groups is 1. The third-order valence-corrected chi connectivity index (χ3v) is 5.89. The first-order chi connectivity index (χ1) is 15.1. The quantitative estimate of drug-likeness (QED) is 0.534. The molecule has 8 heteroatoms. The number of nitrogens with one attached hydrogen (secondary N) is 1. The minimum atomic E-state index is 0.0355. The van der Waals surface area contributed by atoms with Crippen LogP contribution in [0, 0.1) is 0 Å². The van der Waals surface area contributed by atoms with E-state index in [9.17, 15) is 4.79 Å². The highest BCUT2D eigenvalue weighted by Crippen LogP contribution is 2.36. The second kappa shape index (κ2) is 9.51. The lowest BCUT2D eigenvalue weighted by atomic mass is 10.1. The number of likely N-dealkylation sites (tertiary alicyclic amines) is 1. The summed E-state index contributed by atoms with van der Waals surface area (Å²) in [5, 5.41) is 4.19. The first-order valence-corrected chi connectivity index (χ1v) is 11.2. The van der Waals surface area contributed by atoms with Gasteiger partial charge < -0.3 is 19.7 Å². The van der Waals surface area contributed by atoms with Crippen molar-refractivity contribution in [2.24, 2.45) is 0 Å². The molecule has 3 aromatic rings. The summed E-state index contributed by atoms with van der Waals surface area (Å²) in [5.74, 6) is 2.18. The average Bonchev–Trinajstić information content (AvgIpc) is 2.79. The van der Waals surface area contributed by atoms with E-state index in [4.69, 9.17) is 9.47 Å². The Labute approximate surface area is 189 Å².